The summed E-state index contributed by atoms with van der Waals surface area (Å²) < 4.78 is 27.7. The fourth-order valence-electron chi connectivity index (χ4n) is 1.73. The highest BCUT2D eigenvalue weighted by Crippen LogP contribution is 2.22. The second-order valence-electron chi connectivity index (χ2n) is 4.00. The molecule has 1 aromatic carbocycles. The molecule has 1 heterocycles. The minimum atomic E-state index is -3.18. The first kappa shape index (κ1) is 12.8. The van der Waals surface area contributed by atoms with E-state index < -0.39 is 9.84 Å². The third-order valence-corrected chi connectivity index (χ3v) is 3.81. The van der Waals surface area contributed by atoms with Gasteiger partial charge in [-0.25, -0.2) is 13.8 Å². The van der Waals surface area contributed by atoms with E-state index in [4.69, 9.17) is 10.3 Å². The number of furan rings is 1. The molecule has 0 radical (unpaired) electrons. The minimum absolute atomic E-state index is 0.225. The van der Waals surface area contributed by atoms with Crippen molar-refractivity contribution in [2.45, 2.75) is 10.9 Å². The molecule has 0 aliphatic rings. The van der Waals surface area contributed by atoms with Gasteiger partial charge in [0.05, 0.1) is 23.5 Å². The third kappa shape index (κ3) is 2.61. The summed E-state index contributed by atoms with van der Waals surface area (Å²) >= 11 is 0. The Morgan fingerprint density at radius 1 is 1.17 bits per heavy atom. The van der Waals surface area contributed by atoms with Crippen molar-refractivity contribution in [2.75, 3.05) is 6.26 Å². The fraction of sp³-hybridized carbons (Fsp3) is 0.167. The third-order valence-electron chi connectivity index (χ3n) is 2.68. The first-order chi connectivity index (χ1) is 8.52. The molecule has 2 aromatic rings. The summed E-state index contributed by atoms with van der Waals surface area (Å²) in [7, 11) is -3.18. The van der Waals surface area contributed by atoms with Crippen LogP contribution in [0.3, 0.4) is 0 Å². The largest absolute Gasteiger partial charge is 0.472 e. The van der Waals surface area contributed by atoms with Crippen LogP contribution >= 0.6 is 0 Å². The molecule has 0 fully saturated rings. The first-order valence-electron chi connectivity index (χ1n) is 5.30. The zero-order valence-electron chi connectivity index (χ0n) is 9.83. The van der Waals surface area contributed by atoms with Crippen LogP contribution in [0, 0.1) is 0 Å². The van der Waals surface area contributed by atoms with E-state index in [1.54, 1.807) is 42.9 Å². The fourth-order valence-corrected chi connectivity index (χ4v) is 2.36. The molecule has 0 bridgehead atoms. The van der Waals surface area contributed by atoms with Crippen LogP contribution in [0.4, 0.5) is 0 Å². The summed E-state index contributed by atoms with van der Waals surface area (Å²) in [6, 6.07) is 8.17. The van der Waals surface area contributed by atoms with Crippen LogP contribution in [0.1, 0.15) is 17.2 Å². The SMILES string of the molecule is CS(=O)(=O)c1ccc(C(NN)c2ccoc2)cc1. The summed E-state index contributed by atoms with van der Waals surface area (Å²) in [5, 5.41) is 0. The lowest BCUT2D eigenvalue weighted by Crippen LogP contribution is -2.28. The van der Waals surface area contributed by atoms with E-state index in [9.17, 15) is 8.42 Å². The van der Waals surface area contributed by atoms with Crippen molar-refractivity contribution in [1.82, 2.24) is 5.43 Å². The lowest BCUT2D eigenvalue weighted by atomic mass is 10.0. The van der Waals surface area contributed by atoms with E-state index in [2.05, 4.69) is 5.43 Å². The van der Waals surface area contributed by atoms with Crippen molar-refractivity contribution in [3.63, 3.8) is 0 Å². The average Bonchev–Trinajstić information content (AvgIpc) is 2.83. The van der Waals surface area contributed by atoms with Gasteiger partial charge >= 0.3 is 0 Å². The van der Waals surface area contributed by atoms with Crippen molar-refractivity contribution in [1.29, 1.82) is 0 Å². The zero-order chi connectivity index (χ0) is 13.2. The van der Waals surface area contributed by atoms with Crippen molar-refractivity contribution in [2.24, 2.45) is 5.84 Å². The minimum Gasteiger partial charge on any atom is -0.472 e. The molecular formula is C12H14N2O3S. The number of sulfone groups is 1. The van der Waals surface area contributed by atoms with Gasteiger partial charge in [0.2, 0.25) is 0 Å². The van der Waals surface area contributed by atoms with Crippen LogP contribution in [0.5, 0.6) is 0 Å². The quantitative estimate of drug-likeness (QED) is 0.642. The smallest absolute Gasteiger partial charge is 0.175 e. The molecule has 96 valence electrons. The van der Waals surface area contributed by atoms with Crippen molar-refractivity contribution < 1.29 is 12.8 Å². The summed E-state index contributed by atoms with van der Waals surface area (Å²) in [6.45, 7) is 0. The summed E-state index contributed by atoms with van der Waals surface area (Å²) in [5.74, 6) is 5.51. The summed E-state index contributed by atoms with van der Waals surface area (Å²) in [6.07, 6.45) is 4.33. The van der Waals surface area contributed by atoms with Crippen molar-refractivity contribution in [3.8, 4) is 0 Å². The second-order valence-corrected chi connectivity index (χ2v) is 6.01. The molecule has 6 heteroatoms. The Hall–Kier alpha value is -1.63. The molecule has 0 aliphatic heterocycles. The second kappa shape index (κ2) is 4.93. The highest BCUT2D eigenvalue weighted by atomic mass is 32.2. The number of hydrazine groups is 1. The van der Waals surface area contributed by atoms with Gasteiger partial charge in [-0.3, -0.25) is 5.84 Å². The number of nitrogens with two attached hydrogens (primary N) is 1. The van der Waals surface area contributed by atoms with Gasteiger partial charge < -0.3 is 4.42 Å². The van der Waals surface area contributed by atoms with Crippen LogP contribution in [0.25, 0.3) is 0 Å². The van der Waals surface area contributed by atoms with Crippen molar-refractivity contribution >= 4 is 9.84 Å². The predicted octanol–water partition coefficient (Wildman–Crippen LogP) is 1.24. The molecular weight excluding hydrogens is 252 g/mol. The normalized spacial score (nSPS) is 13.4. The Kier molecular flexibility index (Phi) is 3.51. The van der Waals surface area contributed by atoms with Gasteiger partial charge in [-0.2, -0.15) is 0 Å². The standard InChI is InChI=1S/C12H14N2O3S/c1-18(15,16)11-4-2-9(3-5-11)12(14-13)10-6-7-17-8-10/h2-8,12,14H,13H2,1H3. The van der Waals surface area contributed by atoms with Gasteiger partial charge in [-0.1, -0.05) is 12.1 Å². The van der Waals surface area contributed by atoms with E-state index >= 15 is 0 Å². The average molecular weight is 266 g/mol. The number of hydrogen-bond donors (Lipinski definition) is 2. The van der Waals surface area contributed by atoms with Crippen molar-refractivity contribution in [3.05, 3.63) is 54.0 Å². The maximum atomic E-state index is 11.4. The molecule has 0 spiro atoms. The molecule has 3 N–H and O–H groups in total. The van der Waals surface area contributed by atoms with Gasteiger partial charge in [-0.05, 0) is 23.8 Å². The number of rotatable bonds is 4. The highest BCUT2D eigenvalue weighted by Gasteiger charge is 2.14. The molecule has 1 atom stereocenters. The van der Waals surface area contributed by atoms with Crippen LogP contribution in [-0.4, -0.2) is 14.7 Å². The molecule has 1 unspecified atom stereocenters. The van der Waals surface area contributed by atoms with Crippen LogP contribution in [0.15, 0.2) is 52.2 Å². The van der Waals surface area contributed by atoms with Gasteiger partial charge in [-0.15, -0.1) is 0 Å². The Bertz CT molecular complexity index is 603. The molecule has 0 aliphatic carbocycles. The first-order valence-corrected chi connectivity index (χ1v) is 7.20. The molecule has 2 rings (SSSR count). The maximum absolute atomic E-state index is 11.4. The van der Waals surface area contributed by atoms with Crippen LogP contribution in [0.2, 0.25) is 0 Å². The molecule has 0 saturated heterocycles. The summed E-state index contributed by atoms with van der Waals surface area (Å²) in [5.41, 5.74) is 4.42. The zero-order valence-corrected chi connectivity index (χ0v) is 10.6. The molecule has 0 saturated carbocycles. The Labute approximate surface area is 105 Å². The monoisotopic (exact) mass is 266 g/mol. The van der Waals surface area contributed by atoms with Crippen LogP contribution < -0.4 is 11.3 Å². The van der Waals surface area contributed by atoms with E-state index in [0.717, 1.165) is 11.1 Å². The predicted molar refractivity (Wildman–Crippen MR) is 67.4 cm³/mol. The van der Waals surface area contributed by atoms with Gasteiger partial charge in [0, 0.05) is 11.8 Å². The van der Waals surface area contributed by atoms with E-state index in [1.807, 2.05) is 0 Å². The summed E-state index contributed by atoms with van der Waals surface area (Å²) in [4.78, 5) is 0.286. The molecule has 1 aromatic heterocycles. The van der Waals surface area contributed by atoms with Gasteiger partial charge in [0.25, 0.3) is 0 Å². The Morgan fingerprint density at radius 3 is 2.28 bits per heavy atom. The highest BCUT2D eigenvalue weighted by molar-refractivity contribution is 7.90. The molecule has 18 heavy (non-hydrogen) atoms. The van der Waals surface area contributed by atoms with E-state index in [1.165, 1.54) is 6.26 Å². The van der Waals surface area contributed by atoms with E-state index in [0.29, 0.717) is 0 Å². The molecule has 5 nitrogen and oxygen atoms in total. The number of hydrogen-bond acceptors (Lipinski definition) is 5. The van der Waals surface area contributed by atoms with E-state index in [-0.39, 0.29) is 10.9 Å². The number of nitrogens with one attached hydrogen (secondary N) is 1. The Balaban J connectivity index is 2.34. The number of benzene rings is 1. The maximum Gasteiger partial charge on any atom is 0.175 e. The topological polar surface area (TPSA) is 85.3 Å². The lowest BCUT2D eigenvalue weighted by molar-refractivity contribution is 0.553. The molecule has 0 amide bonds. The van der Waals surface area contributed by atoms with Gasteiger partial charge in [0.1, 0.15) is 0 Å². The van der Waals surface area contributed by atoms with Gasteiger partial charge in [0.15, 0.2) is 9.84 Å². The Morgan fingerprint density at radius 2 is 1.83 bits per heavy atom. The van der Waals surface area contributed by atoms with Crippen LogP contribution in [-0.2, 0) is 9.84 Å². The lowest BCUT2D eigenvalue weighted by Gasteiger charge is -2.14.